The number of rotatable bonds is 5. The fraction of sp³-hybridized carbons (Fsp3) is 0.300. The van der Waals surface area contributed by atoms with E-state index in [0.717, 1.165) is 36.7 Å². The van der Waals surface area contributed by atoms with E-state index in [1.807, 2.05) is 36.4 Å². The van der Waals surface area contributed by atoms with Crippen molar-refractivity contribution in [3.63, 3.8) is 0 Å². The maximum atomic E-state index is 4.65. The van der Waals surface area contributed by atoms with Gasteiger partial charge in [0.15, 0.2) is 5.82 Å². The molecule has 0 aliphatic heterocycles. The van der Waals surface area contributed by atoms with Crippen molar-refractivity contribution >= 4 is 22.9 Å². The highest BCUT2D eigenvalue weighted by molar-refractivity contribution is 5.75. The van der Waals surface area contributed by atoms with Gasteiger partial charge in [0.25, 0.3) is 0 Å². The van der Waals surface area contributed by atoms with Crippen LogP contribution in [0.4, 0.5) is 11.9 Å². The molecule has 0 bridgehead atoms. The van der Waals surface area contributed by atoms with Gasteiger partial charge in [0.1, 0.15) is 5.52 Å². The zero-order valence-corrected chi connectivity index (χ0v) is 15.8. The Labute approximate surface area is 167 Å². The van der Waals surface area contributed by atoms with Crippen molar-refractivity contribution < 1.29 is 0 Å². The maximum Gasteiger partial charge on any atom is 0.224 e. The Kier molecular flexibility index (Phi) is 4.69. The van der Waals surface area contributed by atoms with Gasteiger partial charge < -0.3 is 10.6 Å². The van der Waals surface area contributed by atoms with Crippen LogP contribution < -0.4 is 10.6 Å². The van der Waals surface area contributed by atoms with Crippen LogP contribution in [-0.4, -0.2) is 47.0 Å². The third-order valence-electron chi connectivity index (χ3n) is 5.17. The molecule has 1 aliphatic carbocycles. The van der Waals surface area contributed by atoms with Crippen LogP contribution in [0.2, 0.25) is 0 Å². The fourth-order valence-corrected chi connectivity index (χ4v) is 3.70. The van der Waals surface area contributed by atoms with Gasteiger partial charge in [0, 0.05) is 36.7 Å². The van der Waals surface area contributed by atoms with Crippen molar-refractivity contribution in [2.75, 3.05) is 10.6 Å². The number of anilines is 2. The lowest BCUT2D eigenvalue weighted by Gasteiger charge is -2.29. The Morgan fingerprint density at radius 3 is 2.24 bits per heavy atom. The SMILES string of the molecule is c1cnc(NC2CCC(Nc3nccc(-n4nnc5ccccc54)n3)CC2)nc1. The Bertz CT molecular complexity index is 1090. The molecule has 9 nitrogen and oxygen atoms in total. The van der Waals surface area contributed by atoms with Crippen LogP contribution in [0, 0.1) is 0 Å². The number of hydrogen-bond donors (Lipinski definition) is 2. The number of nitrogens with one attached hydrogen (secondary N) is 2. The van der Waals surface area contributed by atoms with Gasteiger partial charge in [-0.15, -0.1) is 5.10 Å². The number of fused-ring (bicyclic) bond motifs is 1. The van der Waals surface area contributed by atoms with Crippen LogP contribution in [0.15, 0.2) is 55.0 Å². The molecular weight excluding hydrogens is 366 g/mol. The molecule has 5 rings (SSSR count). The molecule has 3 heterocycles. The van der Waals surface area contributed by atoms with E-state index in [9.17, 15) is 0 Å². The third kappa shape index (κ3) is 3.84. The molecule has 0 spiro atoms. The van der Waals surface area contributed by atoms with Crippen LogP contribution in [-0.2, 0) is 0 Å². The predicted octanol–water partition coefficient (Wildman–Crippen LogP) is 2.84. The maximum absolute atomic E-state index is 4.65. The molecule has 9 heteroatoms. The van der Waals surface area contributed by atoms with Gasteiger partial charge in [-0.25, -0.2) is 15.0 Å². The van der Waals surface area contributed by atoms with E-state index in [-0.39, 0.29) is 0 Å². The fourth-order valence-electron chi connectivity index (χ4n) is 3.70. The van der Waals surface area contributed by atoms with Crippen molar-refractivity contribution in [2.24, 2.45) is 0 Å². The second kappa shape index (κ2) is 7.78. The molecule has 4 aromatic rings. The van der Waals surface area contributed by atoms with Crippen LogP contribution in [0.1, 0.15) is 25.7 Å². The van der Waals surface area contributed by atoms with Crippen LogP contribution in [0.5, 0.6) is 0 Å². The average molecular weight is 387 g/mol. The molecule has 1 fully saturated rings. The summed E-state index contributed by atoms with van der Waals surface area (Å²) in [6, 6.07) is 12.2. The first-order valence-electron chi connectivity index (χ1n) is 9.79. The van der Waals surface area contributed by atoms with Gasteiger partial charge in [-0.2, -0.15) is 9.67 Å². The lowest BCUT2D eigenvalue weighted by atomic mass is 9.91. The Hall–Kier alpha value is -3.62. The highest BCUT2D eigenvalue weighted by Gasteiger charge is 2.22. The van der Waals surface area contributed by atoms with Crippen molar-refractivity contribution in [2.45, 2.75) is 37.8 Å². The lowest BCUT2D eigenvalue weighted by molar-refractivity contribution is 0.426. The van der Waals surface area contributed by atoms with Gasteiger partial charge in [-0.05, 0) is 43.9 Å². The molecule has 0 amide bonds. The summed E-state index contributed by atoms with van der Waals surface area (Å²) in [7, 11) is 0. The molecule has 1 aromatic carbocycles. The number of para-hydroxylation sites is 1. The second-order valence-electron chi connectivity index (χ2n) is 7.14. The molecule has 1 saturated carbocycles. The minimum atomic E-state index is 0.340. The minimum absolute atomic E-state index is 0.340. The van der Waals surface area contributed by atoms with Crippen molar-refractivity contribution in [3.05, 3.63) is 55.0 Å². The Morgan fingerprint density at radius 1 is 0.759 bits per heavy atom. The highest BCUT2D eigenvalue weighted by Crippen LogP contribution is 2.23. The Morgan fingerprint density at radius 2 is 1.45 bits per heavy atom. The van der Waals surface area contributed by atoms with E-state index in [1.165, 1.54) is 0 Å². The standard InChI is InChI=1S/C20H21N9/c1-2-5-17-16(4-1)27-28-29(17)18-10-13-23-20(26-18)25-15-8-6-14(7-9-15)24-19-21-11-3-12-22-19/h1-5,10-15H,6-9H2,(H,21,22,24)(H,23,25,26). The molecule has 3 aromatic heterocycles. The number of aromatic nitrogens is 7. The van der Waals surface area contributed by atoms with Gasteiger partial charge in [0.2, 0.25) is 11.9 Å². The summed E-state index contributed by atoms with van der Waals surface area (Å²) in [5, 5.41) is 15.3. The molecule has 0 atom stereocenters. The van der Waals surface area contributed by atoms with Crippen molar-refractivity contribution in [1.82, 2.24) is 34.9 Å². The number of benzene rings is 1. The van der Waals surface area contributed by atoms with E-state index < -0.39 is 0 Å². The summed E-state index contributed by atoms with van der Waals surface area (Å²) in [6.07, 6.45) is 9.42. The molecule has 2 N–H and O–H groups in total. The first kappa shape index (κ1) is 17.5. The summed E-state index contributed by atoms with van der Waals surface area (Å²) in [5.74, 6) is 2.01. The zero-order valence-electron chi connectivity index (χ0n) is 15.8. The van der Waals surface area contributed by atoms with Gasteiger partial charge in [0.05, 0.1) is 5.52 Å². The van der Waals surface area contributed by atoms with E-state index >= 15 is 0 Å². The second-order valence-corrected chi connectivity index (χ2v) is 7.14. The zero-order chi connectivity index (χ0) is 19.5. The third-order valence-corrected chi connectivity index (χ3v) is 5.17. The van der Waals surface area contributed by atoms with Crippen LogP contribution in [0.3, 0.4) is 0 Å². The molecule has 0 saturated heterocycles. The molecular formula is C20H21N9. The normalized spacial score (nSPS) is 19.2. The monoisotopic (exact) mass is 387 g/mol. The summed E-state index contributed by atoms with van der Waals surface area (Å²) >= 11 is 0. The van der Waals surface area contributed by atoms with Crippen LogP contribution >= 0.6 is 0 Å². The van der Waals surface area contributed by atoms with E-state index in [0.29, 0.717) is 29.8 Å². The molecule has 1 aliphatic rings. The van der Waals surface area contributed by atoms with E-state index in [4.69, 9.17) is 0 Å². The van der Waals surface area contributed by atoms with Crippen LogP contribution in [0.25, 0.3) is 16.9 Å². The van der Waals surface area contributed by atoms with Gasteiger partial charge in [-0.1, -0.05) is 17.3 Å². The summed E-state index contributed by atoms with van der Waals surface area (Å²) in [5.41, 5.74) is 1.76. The van der Waals surface area contributed by atoms with E-state index in [2.05, 4.69) is 40.9 Å². The number of nitrogens with zero attached hydrogens (tertiary/aromatic N) is 7. The highest BCUT2D eigenvalue weighted by atomic mass is 15.4. The average Bonchev–Trinajstić information content (AvgIpc) is 3.20. The Balaban J connectivity index is 1.23. The molecule has 146 valence electrons. The first-order chi connectivity index (χ1) is 14.3. The summed E-state index contributed by atoms with van der Waals surface area (Å²) in [6.45, 7) is 0. The summed E-state index contributed by atoms with van der Waals surface area (Å²) in [4.78, 5) is 17.5. The minimum Gasteiger partial charge on any atom is -0.351 e. The lowest BCUT2D eigenvalue weighted by Crippen LogP contribution is -2.33. The molecule has 0 radical (unpaired) electrons. The van der Waals surface area contributed by atoms with E-state index in [1.54, 1.807) is 23.3 Å². The molecule has 29 heavy (non-hydrogen) atoms. The smallest absolute Gasteiger partial charge is 0.224 e. The van der Waals surface area contributed by atoms with Crippen molar-refractivity contribution in [3.8, 4) is 5.82 Å². The summed E-state index contributed by atoms with van der Waals surface area (Å²) < 4.78 is 1.74. The van der Waals surface area contributed by atoms with Crippen molar-refractivity contribution in [1.29, 1.82) is 0 Å². The first-order valence-corrected chi connectivity index (χ1v) is 9.79. The van der Waals surface area contributed by atoms with Gasteiger partial charge >= 0.3 is 0 Å². The van der Waals surface area contributed by atoms with Gasteiger partial charge in [-0.3, -0.25) is 0 Å². The molecule has 0 unspecified atom stereocenters. The largest absolute Gasteiger partial charge is 0.351 e. The quantitative estimate of drug-likeness (QED) is 0.538. The topological polar surface area (TPSA) is 106 Å². The number of hydrogen-bond acceptors (Lipinski definition) is 8. The predicted molar refractivity (Wildman–Crippen MR) is 110 cm³/mol.